The number of benzene rings is 1. The van der Waals surface area contributed by atoms with Gasteiger partial charge in [0.05, 0.1) is 23.4 Å². The summed E-state index contributed by atoms with van der Waals surface area (Å²) in [6.45, 7) is 11.6. The predicted octanol–water partition coefficient (Wildman–Crippen LogP) is 4.27. The predicted molar refractivity (Wildman–Crippen MR) is 112 cm³/mol. The molecule has 0 saturated carbocycles. The molecule has 1 fully saturated rings. The Labute approximate surface area is 165 Å². The number of thiazole rings is 1. The standard InChI is InChI=1S/C20H29N4O2S/c1-5-8-11-23-12-13-24(20(23)25,22(4)7-3)19-21-17-10-9-16(26-14-6-2)15-18(17)27-19/h5,9-10,15H,1,6-8,11-14H2,2-4H3/q+1. The third kappa shape index (κ3) is 3.59. The van der Waals surface area contributed by atoms with E-state index < -0.39 is 0 Å². The highest BCUT2D eigenvalue weighted by atomic mass is 32.1. The lowest BCUT2D eigenvalue weighted by molar-refractivity contribution is 0.0644. The average Bonchev–Trinajstić information content (AvgIpc) is 3.25. The monoisotopic (exact) mass is 389 g/mol. The first kappa shape index (κ1) is 19.8. The molecule has 0 radical (unpaired) electrons. The molecule has 1 aliphatic heterocycles. The van der Waals surface area contributed by atoms with E-state index in [9.17, 15) is 4.79 Å². The van der Waals surface area contributed by atoms with Gasteiger partial charge in [-0.15, -0.1) is 16.2 Å². The fourth-order valence-corrected chi connectivity index (χ4v) is 4.58. The number of ether oxygens (including phenoxy) is 1. The average molecular weight is 390 g/mol. The van der Waals surface area contributed by atoms with E-state index in [0.717, 1.165) is 47.0 Å². The number of nitrogens with zero attached hydrogens (tertiary/aromatic N) is 4. The summed E-state index contributed by atoms with van der Waals surface area (Å²) in [6.07, 6.45) is 3.64. The van der Waals surface area contributed by atoms with Crippen LogP contribution < -0.4 is 9.33 Å². The summed E-state index contributed by atoms with van der Waals surface area (Å²) in [4.78, 5) is 20.2. The summed E-state index contributed by atoms with van der Waals surface area (Å²) >= 11 is 1.59. The Hall–Kier alpha value is -1.96. The molecule has 0 bridgehead atoms. The van der Waals surface area contributed by atoms with Crippen LogP contribution in [-0.2, 0) is 0 Å². The van der Waals surface area contributed by atoms with Crippen molar-refractivity contribution in [2.24, 2.45) is 0 Å². The maximum Gasteiger partial charge on any atom is 0.446 e. The molecule has 3 rings (SSSR count). The number of rotatable bonds is 9. The van der Waals surface area contributed by atoms with Crippen LogP contribution in [0, 0.1) is 0 Å². The molecule has 0 aliphatic carbocycles. The van der Waals surface area contributed by atoms with Crippen molar-refractivity contribution >= 4 is 32.7 Å². The van der Waals surface area contributed by atoms with Crippen molar-refractivity contribution in [2.45, 2.75) is 26.7 Å². The first-order valence-electron chi connectivity index (χ1n) is 9.60. The topological polar surface area (TPSA) is 45.7 Å². The van der Waals surface area contributed by atoms with E-state index in [4.69, 9.17) is 9.72 Å². The maximum absolute atomic E-state index is 13.4. The number of hydrogen-bond donors (Lipinski definition) is 0. The molecule has 0 N–H and O–H groups in total. The Bertz CT molecular complexity index is 821. The first-order valence-corrected chi connectivity index (χ1v) is 10.4. The minimum Gasteiger partial charge on any atom is -0.494 e. The Morgan fingerprint density at radius 2 is 2.26 bits per heavy atom. The van der Waals surface area contributed by atoms with E-state index >= 15 is 0 Å². The smallest absolute Gasteiger partial charge is 0.446 e. The lowest BCUT2D eigenvalue weighted by Gasteiger charge is -2.34. The van der Waals surface area contributed by atoms with E-state index in [0.29, 0.717) is 19.7 Å². The van der Waals surface area contributed by atoms with Gasteiger partial charge in [-0.25, -0.2) is 4.79 Å². The van der Waals surface area contributed by atoms with Crippen molar-refractivity contribution in [3.63, 3.8) is 0 Å². The van der Waals surface area contributed by atoms with Crippen molar-refractivity contribution in [3.8, 4) is 5.75 Å². The largest absolute Gasteiger partial charge is 0.494 e. The second-order valence-electron chi connectivity index (χ2n) is 6.79. The zero-order valence-corrected chi connectivity index (χ0v) is 17.3. The Morgan fingerprint density at radius 3 is 2.96 bits per heavy atom. The maximum atomic E-state index is 13.4. The molecule has 1 saturated heterocycles. The van der Waals surface area contributed by atoms with Gasteiger partial charge in [-0.05, 0) is 38.0 Å². The molecule has 0 spiro atoms. The van der Waals surface area contributed by atoms with E-state index in [-0.39, 0.29) is 10.6 Å². The molecule has 2 amide bonds. The Balaban J connectivity index is 1.98. The van der Waals surface area contributed by atoms with E-state index in [1.165, 1.54) is 0 Å². The summed E-state index contributed by atoms with van der Waals surface area (Å²) in [5.74, 6) is 0.857. The van der Waals surface area contributed by atoms with Crippen LogP contribution >= 0.6 is 11.3 Å². The van der Waals surface area contributed by atoms with Gasteiger partial charge in [-0.1, -0.05) is 24.3 Å². The number of quaternary nitrogens is 1. The van der Waals surface area contributed by atoms with Gasteiger partial charge < -0.3 is 4.74 Å². The molecule has 146 valence electrons. The molecule has 2 aromatic rings. The summed E-state index contributed by atoms with van der Waals surface area (Å²) in [5, 5.41) is 2.91. The molecule has 1 aliphatic rings. The fourth-order valence-electron chi connectivity index (χ4n) is 3.39. The van der Waals surface area contributed by atoms with Gasteiger partial charge in [-0.3, -0.25) is 4.90 Å². The van der Waals surface area contributed by atoms with Crippen molar-refractivity contribution < 1.29 is 9.53 Å². The molecule has 1 aromatic heterocycles. The van der Waals surface area contributed by atoms with Gasteiger partial charge in [0, 0.05) is 20.1 Å². The molecule has 27 heavy (non-hydrogen) atoms. The summed E-state index contributed by atoms with van der Waals surface area (Å²) < 4.78 is 6.97. The van der Waals surface area contributed by atoms with Crippen molar-refractivity contribution in [1.82, 2.24) is 19.5 Å². The number of fused-ring (bicyclic) bond motifs is 1. The van der Waals surface area contributed by atoms with Gasteiger partial charge in [0.15, 0.2) is 0 Å². The Morgan fingerprint density at radius 1 is 1.44 bits per heavy atom. The Kier molecular flexibility index (Phi) is 6.14. The third-order valence-electron chi connectivity index (χ3n) is 5.06. The fraction of sp³-hybridized carbons (Fsp3) is 0.500. The highest BCUT2D eigenvalue weighted by molar-refractivity contribution is 7.22. The van der Waals surface area contributed by atoms with Gasteiger partial charge >= 0.3 is 11.2 Å². The zero-order valence-electron chi connectivity index (χ0n) is 16.5. The number of hydrogen-bond acceptors (Lipinski definition) is 5. The minimum absolute atomic E-state index is 0.0997. The second kappa shape index (κ2) is 8.37. The zero-order chi connectivity index (χ0) is 19.4. The van der Waals surface area contributed by atoms with Crippen molar-refractivity contribution in [2.75, 3.05) is 39.8 Å². The quantitative estimate of drug-likeness (QED) is 0.475. The van der Waals surface area contributed by atoms with E-state index in [1.807, 2.05) is 36.2 Å². The number of urea groups is 1. The highest BCUT2D eigenvalue weighted by Gasteiger charge is 2.54. The van der Waals surface area contributed by atoms with Crippen molar-refractivity contribution in [3.05, 3.63) is 30.9 Å². The molecule has 1 aromatic carbocycles. The van der Waals surface area contributed by atoms with Gasteiger partial charge in [-0.2, -0.15) is 4.98 Å². The molecule has 7 heteroatoms. The van der Waals surface area contributed by atoms with Crippen molar-refractivity contribution in [1.29, 1.82) is 0 Å². The van der Waals surface area contributed by atoms with E-state index in [1.54, 1.807) is 11.3 Å². The summed E-state index contributed by atoms with van der Waals surface area (Å²) in [7, 11) is 2.00. The normalized spacial score (nSPS) is 20.0. The number of carbonyl (C=O) groups excluding carboxylic acids is 1. The van der Waals surface area contributed by atoms with Crippen LogP contribution in [0.5, 0.6) is 5.75 Å². The van der Waals surface area contributed by atoms with E-state index in [2.05, 4.69) is 25.4 Å². The van der Waals surface area contributed by atoms with Crippen LogP contribution in [0.1, 0.15) is 26.7 Å². The molecule has 6 nitrogen and oxygen atoms in total. The van der Waals surface area contributed by atoms with Crippen LogP contribution in [0.15, 0.2) is 30.9 Å². The SMILES string of the molecule is C=CCCN1CC[N+](c2nc3ccc(OCCC)cc3s2)(N(C)CC)C1=O. The third-order valence-corrected chi connectivity index (χ3v) is 6.18. The second-order valence-corrected chi connectivity index (χ2v) is 7.80. The van der Waals surface area contributed by atoms with Crippen LogP contribution in [-0.4, -0.2) is 60.8 Å². The molecular weight excluding hydrogens is 360 g/mol. The van der Waals surface area contributed by atoms with Gasteiger partial charge in [0.25, 0.3) is 0 Å². The number of aromatic nitrogens is 1. The summed E-state index contributed by atoms with van der Waals surface area (Å²) in [5.41, 5.74) is 0.915. The van der Waals surface area contributed by atoms with Crippen LogP contribution in [0.4, 0.5) is 9.93 Å². The lowest BCUT2D eigenvalue weighted by atomic mass is 10.3. The summed E-state index contributed by atoms with van der Waals surface area (Å²) in [6, 6.07) is 6.07. The van der Waals surface area contributed by atoms with Crippen LogP contribution in [0.2, 0.25) is 0 Å². The molecular formula is C20H29N4O2S+. The minimum atomic E-state index is 0.0997. The lowest BCUT2D eigenvalue weighted by Crippen LogP contribution is -2.62. The number of carbonyl (C=O) groups is 1. The molecule has 2 heterocycles. The number of amides is 2. The van der Waals surface area contributed by atoms with Gasteiger partial charge in [0.2, 0.25) is 0 Å². The van der Waals surface area contributed by atoms with Crippen LogP contribution in [0.25, 0.3) is 10.2 Å². The molecule has 1 atom stereocenters. The first-order chi connectivity index (χ1) is 13.1. The van der Waals surface area contributed by atoms with Crippen LogP contribution in [0.3, 0.4) is 0 Å². The molecule has 1 unspecified atom stereocenters. The highest BCUT2D eigenvalue weighted by Crippen LogP contribution is 2.38. The van der Waals surface area contributed by atoms with Gasteiger partial charge in [0.1, 0.15) is 12.3 Å².